The number of aryl methyl sites for hydroxylation is 1. The van der Waals surface area contributed by atoms with E-state index in [1.807, 2.05) is 0 Å². The van der Waals surface area contributed by atoms with Crippen LogP contribution in [0.3, 0.4) is 0 Å². The molecule has 24 heavy (non-hydrogen) atoms. The van der Waals surface area contributed by atoms with Gasteiger partial charge in [-0.25, -0.2) is 9.66 Å². The number of halogens is 2. The molecule has 0 saturated heterocycles. The lowest BCUT2D eigenvalue weighted by molar-refractivity contribution is -0.112. The Labute approximate surface area is 151 Å². The van der Waals surface area contributed by atoms with E-state index in [9.17, 15) is 9.59 Å². The van der Waals surface area contributed by atoms with Crippen molar-refractivity contribution >= 4 is 56.7 Å². The number of carbonyl (C=O) groups is 1. The average Bonchev–Trinajstić information content (AvgIpc) is 3.00. The molecule has 3 aromatic rings. The number of carbonyl (C=O) groups excluding carboxylic acids is 1. The number of thiophene rings is 1. The maximum absolute atomic E-state index is 12.4. The molecule has 1 amide bonds. The van der Waals surface area contributed by atoms with Crippen LogP contribution in [0.5, 0.6) is 0 Å². The van der Waals surface area contributed by atoms with Crippen LogP contribution in [0.15, 0.2) is 40.5 Å². The Kier molecular flexibility index (Phi) is 4.71. The van der Waals surface area contributed by atoms with Gasteiger partial charge in [0.2, 0.25) is 0 Å². The highest BCUT2D eigenvalue weighted by molar-refractivity contribution is 7.16. The number of nitrogens with one attached hydrogen (secondary N) is 1. The van der Waals surface area contributed by atoms with Crippen molar-refractivity contribution in [3.63, 3.8) is 0 Å². The van der Waals surface area contributed by atoms with E-state index in [4.69, 9.17) is 23.2 Å². The van der Waals surface area contributed by atoms with Gasteiger partial charge in [0, 0.05) is 16.1 Å². The highest BCUT2D eigenvalue weighted by Crippen LogP contribution is 2.21. The van der Waals surface area contributed by atoms with Crippen LogP contribution in [0.2, 0.25) is 10.0 Å². The van der Waals surface area contributed by atoms with E-state index in [0.717, 1.165) is 4.68 Å². The predicted molar refractivity (Wildman–Crippen MR) is 98.5 cm³/mol. The minimum Gasteiger partial charge on any atom is -0.268 e. The molecule has 0 aliphatic rings. The van der Waals surface area contributed by atoms with Crippen LogP contribution in [0.4, 0.5) is 0 Å². The van der Waals surface area contributed by atoms with Crippen molar-refractivity contribution in [2.45, 2.75) is 6.92 Å². The zero-order chi connectivity index (χ0) is 17.3. The topological polar surface area (TPSA) is 64.0 Å². The summed E-state index contributed by atoms with van der Waals surface area (Å²) in [5.74, 6) is -0.0786. The molecule has 0 atom stereocenters. The third-order valence-corrected chi connectivity index (χ3v) is 4.65. The summed E-state index contributed by atoms with van der Waals surface area (Å²) in [5, 5.41) is 3.23. The molecule has 2 aromatic heterocycles. The molecule has 1 N–H and O–H groups in total. The molecule has 5 nitrogen and oxygen atoms in total. The number of amides is 1. The molecule has 8 heteroatoms. The van der Waals surface area contributed by atoms with Gasteiger partial charge >= 0.3 is 0 Å². The standard InChI is InChI=1S/C16H11Cl2N3O2S/c1-9-19-15-12(6-7-24-15)16(23)21(9)20-14(22)5-2-10-8-11(17)3-4-13(10)18/h2-8H,1H3,(H,20,22)/b5-2+. The quantitative estimate of drug-likeness (QED) is 0.702. The number of benzene rings is 1. The number of aromatic nitrogens is 2. The fraction of sp³-hybridized carbons (Fsp3) is 0.0625. The zero-order valence-electron chi connectivity index (χ0n) is 12.4. The van der Waals surface area contributed by atoms with Crippen LogP contribution in [0, 0.1) is 6.92 Å². The number of nitrogens with zero attached hydrogens (tertiary/aromatic N) is 2. The minimum absolute atomic E-state index is 0.318. The molecule has 3 rings (SSSR count). The normalized spacial score (nSPS) is 11.3. The summed E-state index contributed by atoms with van der Waals surface area (Å²) >= 11 is 13.3. The van der Waals surface area contributed by atoms with Gasteiger partial charge in [0.05, 0.1) is 5.39 Å². The monoisotopic (exact) mass is 379 g/mol. The van der Waals surface area contributed by atoms with E-state index >= 15 is 0 Å². The van der Waals surface area contributed by atoms with Gasteiger partial charge in [0.1, 0.15) is 10.7 Å². The maximum atomic E-state index is 12.4. The molecule has 0 unspecified atom stereocenters. The third-order valence-electron chi connectivity index (χ3n) is 3.26. The first-order valence-corrected chi connectivity index (χ1v) is 8.50. The van der Waals surface area contributed by atoms with Crippen molar-refractivity contribution in [1.82, 2.24) is 9.66 Å². The second-order valence-corrected chi connectivity index (χ2v) is 6.65. The van der Waals surface area contributed by atoms with Crippen molar-refractivity contribution in [2.75, 3.05) is 5.43 Å². The van der Waals surface area contributed by atoms with Crippen molar-refractivity contribution in [2.24, 2.45) is 0 Å². The van der Waals surface area contributed by atoms with Crippen molar-refractivity contribution < 1.29 is 4.79 Å². The van der Waals surface area contributed by atoms with Crippen LogP contribution < -0.4 is 11.0 Å². The van der Waals surface area contributed by atoms with Crippen LogP contribution in [0.25, 0.3) is 16.3 Å². The van der Waals surface area contributed by atoms with E-state index in [1.54, 1.807) is 36.6 Å². The summed E-state index contributed by atoms with van der Waals surface area (Å²) in [6, 6.07) is 6.62. The zero-order valence-corrected chi connectivity index (χ0v) is 14.7. The average molecular weight is 380 g/mol. The van der Waals surface area contributed by atoms with Crippen LogP contribution >= 0.6 is 34.5 Å². The first kappa shape index (κ1) is 16.7. The maximum Gasteiger partial charge on any atom is 0.281 e. The molecule has 0 spiro atoms. The van der Waals surface area contributed by atoms with Gasteiger partial charge in [-0.15, -0.1) is 11.3 Å². The SMILES string of the molecule is Cc1nc2sccc2c(=O)n1NC(=O)/C=C/c1cc(Cl)ccc1Cl. The smallest absolute Gasteiger partial charge is 0.268 e. The predicted octanol–water partition coefficient (Wildman–Crippen LogP) is 3.86. The van der Waals surface area contributed by atoms with Gasteiger partial charge in [-0.05, 0) is 48.2 Å². The van der Waals surface area contributed by atoms with Crippen molar-refractivity contribution in [3.05, 3.63) is 67.5 Å². The highest BCUT2D eigenvalue weighted by Gasteiger charge is 2.10. The summed E-state index contributed by atoms with van der Waals surface area (Å²) in [7, 11) is 0. The molecule has 122 valence electrons. The fourth-order valence-electron chi connectivity index (χ4n) is 2.10. The lowest BCUT2D eigenvalue weighted by Gasteiger charge is -2.09. The highest BCUT2D eigenvalue weighted by atomic mass is 35.5. The van der Waals surface area contributed by atoms with Crippen LogP contribution in [0.1, 0.15) is 11.4 Å². The van der Waals surface area contributed by atoms with Gasteiger partial charge in [0.25, 0.3) is 11.5 Å². The van der Waals surface area contributed by atoms with Crippen LogP contribution in [-0.2, 0) is 4.79 Å². The Morgan fingerprint density at radius 3 is 2.92 bits per heavy atom. The van der Waals surface area contributed by atoms with Gasteiger partial charge in [0.15, 0.2) is 0 Å². The van der Waals surface area contributed by atoms with E-state index in [2.05, 4.69) is 10.4 Å². The molecule has 0 bridgehead atoms. The molecule has 0 aliphatic heterocycles. The summed E-state index contributed by atoms with van der Waals surface area (Å²) in [6.07, 6.45) is 2.81. The van der Waals surface area contributed by atoms with E-state index in [1.165, 1.54) is 23.5 Å². The van der Waals surface area contributed by atoms with E-state index in [-0.39, 0.29) is 5.56 Å². The minimum atomic E-state index is -0.479. The molecule has 0 radical (unpaired) electrons. The molecule has 0 aliphatic carbocycles. The lowest BCUT2D eigenvalue weighted by Crippen LogP contribution is -2.34. The second kappa shape index (κ2) is 6.76. The molecule has 2 heterocycles. The number of fused-ring (bicyclic) bond motifs is 1. The first-order valence-electron chi connectivity index (χ1n) is 6.86. The number of rotatable bonds is 3. The Morgan fingerprint density at radius 2 is 2.12 bits per heavy atom. The van der Waals surface area contributed by atoms with Crippen LogP contribution in [-0.4, -0.2) is 15.6 Å². The lowest BCUT2D eigenvalue weighted by atomic mass is 10.2. The van der Waals surface area contributed by atoms with Gasteiger partial charge in [-0.1, -0.05) is 23.2 Å². The summed E-state index contributed by atoms with van der Waals surface area (Å²) in [4.78, 5) is 29.4. The molecule has 1 aromatic carbocycles. The molecular formula is C16H11Cl2N3O2S. The van der Waals surface area contributed by atoms with E-state index < -0.39 is 5.91 Å². The largest absolute Gasteiger partial charge is 0.281 e. The van der Waals surface area contributed by atoms with E-state index in [0.29, 0.717) is 31.6 Å². The van der Waals surface area contributed by atoms with Gasteiger partial charge in [-0.2, -0.15) is 0 Å². The summed E-state index contributed by atoms with van der Waals surface area (Å²) in [5.41, 5.74) is 2.80. The summed E-state index contributed by atoms with van der Waals surface area (Å²) < 4.78 is 1.13. The molecular weight excluding hydrogens is 369 g/mol. The number of hydrogen-bond acceptors (Lipinski definition) is 4. The van der Waals surface area contributed by atoms with Crippen molar-refractivity contribution in [3.8, 4) is 0 Å². The Balaban J connectivity index is 1.86. The first-order chi connectivity index (χ1) is 11.5. The van der Waals surface area contributed by atoms with Gasteiger partial charge < -0.3 is 0 Å². The third kappa shape index (κ3) is 3.36. The summed E-state index contributed by atoms with van der Waals surface area (Å²) in [6.45, 7) is 1.65. The van der Waals surface area contributed by atoms with Crippen molar-refractivity contribution in [1.29, 1.82) is 0 Å². The van der Waals surface area contributed by atoms with Gasteiger partial charge in [-0.3, -0.25) is 15.0 Å². The Bertz CT molecular complexity index is 1020. The second-order valence-electron chi connectivity index (χ2n) is 4.91. The Hall–Kier alpha value is -2.15. The number of hydrogen-bond donors (Lipinski definition) is 1. The molecule has 0 fully saturated rings. The molecule has 0 saturated carbocycles. The fourth-order valence-corrected chi connectivity index (χ4v) is 3.26. The Morgan fingerprint density at radius 1 is 1.33 bits per heavy atom.